The molecule has 0 bridgehead atoms. The molecule has 0 unspecified atom stereocenters. The zero-order valence-electron chi connectivity index (χ0n) is 8.91. The lowest BCUT2D eigenvalue weighted by atomic mass is 10.2. The van der Waals surface area contributed by atoms with Crippen molar-refractivity contribution >= 4 is 0 Å². The van der Waals surface area contributed by atoms with E-state index in [4.69, 9.17) is 0 Å². The van der Waals surface area contributed by atoms with E-state index in [-0.39, 0.29) is 5.69 Å². The van der Waals surface area contributed by atoms with Gasteiger partial charge in [0.2, 0.25) is 0 Å². The number of halogens is 3. The Morgan fingerprint density at radius 2 is 1.88 bits per heavy atom. The molecule has 0 aliphatic rings. The van der Waals surface area contributed by atoms with Gasteiger partial charge in [-0.15, -0.1) is 5.10 Å². The van der Waals surface area contributed by atoms with Crippen LogP contribution in [0.25, 0.3) is 5.69 Å². The van der Waals surface area contributed by atoms with Crippen LogP contribution in [0.4, 0.5) is 13.2 Å². The molecule has 0 saturated carbocycles. The van der Waals surface area contributed by atoms with Crippen molar-refractivity contribution in [1.82, 2.24) is 20.3 Å². The molecule has 1 heterocycles. The van der Waals surface area contributed by atoms with E-state index in [0.717, 1.165) is 12.1 Å². The third-order valence-corrected chi connectivity index (χ3v) is 2.19. The molecule has 0 spiro atoms. The number of hydrogen-bond acceptors (Lipinski definition) is 3. The first-order valence-electron chi connectivity index (χ1n) is 4.82. The highest BCUT2D eigenvalue weighted by molar-refractivity contribution is 5.33. The molecule has 0 amide bonds. The van der Waals surface area contributed by atoms with Crippen LogP contribution in [0.1, 0.15) is 5.69 Å². The van der Waals surface area contributed by atoms with Crippen molar-refractivity contribution in [3.05, 3.63) is 41.5 Å². The Hall–Kier alpha value is -1.89. The summed E-state index contributed by atoms with van der Waals surface area (Å²) < 4.78 is 40.1. The predicted molar refractivity (Wildman–Crippen MR) is 54.0 cm³/mol. The number of hydrogen-bond donors (Lipinski definition) is 1. The van der Waals surface area contributed by atoms with Crippen molar-refractivity contribution < 1.29 is 13.2 Å². The summed E-state index contributed by atoms with van der Waals surface area (Å²) in [7, 11) is 1.71. The van der Waals surface area contributed by atoms with E-state index >= 15 is 0 Å². The quantitative estimate of drug-likeness (QED) is 0.827. The third-order valence-electron chi connectivity index (χ3n) is 2.19. The maximum absolute atomic E-state index is 13.1. The van der Waals surface area contributed by atoms with Gasteiger partial charge in [0.25, 0.3) is 0 Å². The van der Waals surface area contributed by atoms with Crippen LogP contribution in [0, 0.1) is 17.5 Å². The Morgan fingerprint density at radius 3 is 2.47 bits per heavy atom. The third kappa shape index (κ3) is 2.14. The first-order valence-corrected chi connectivity index (χ1v) is 4.82. The van der Waals surface area contributed by atoms with E-state index in [1.807, 2.05) is 0 Å². The smallest absolute Gasteiger partial charge is 0.194 e. The first kappa shape index (κ1) is 11.6. The van der Waals surface area contributed by atoms with Crippen LogP contribution in [0.2, 0.25) is 0 Å². The predicted octanol–water partition coefficient (Wildman–Crippen LogP) is 1.40. The molecule has 1 aromatic heterocycles. The normalized spacial score (nSPS) is 10.8. The molecular weight excluding hydrogens is 233 g/mol. The Balaban J connectivity index is 2.49. The molecule has 0 aliphatic carbocycles. The second-order valence-electron chi connectivity index (χ2n) is 3.39. The zero-order chi connectivity index (χ0) is 12.4. The molecule has 4 nitrogen and oxygen atoms in total. The monoisotopic (exact) mass is 242 g/mol. The molecule has 17 heavy (non-hydrogen) atoms. The second-order valence-corrected chi connectivity index (χ2v) is 3.39. The summed E-state index contributed by atoms with van der Waals surface area (Å²) in [6.07, 6.45) is 1.45. The second kappa shape index (κ2) is 4.54. The van der Waals surface area contributed by atoms with Crippen LogP contribution in [0.3, 0.4) is 0 Å². The van der Waals surface area contributed by atoms with Crippen LogP contribution < -0.4 is 5.32 Å². The fraction of sp³-hybridized carbons (Fsp3) is 0.200. The average molecular weight is 242 g/mol. The summed E-state index contributed by atoms with van der Waals surface area (Å²) in [5.41, 5.74) is 0.696. The van der Waals surface area contributed by atoms with E-state index < -0.39 is 17.5 Å². The average Bonchev–Trinajstić information content (AvgIpc) is 2.74. The van der Waals surface area contributed by atoms with Crippen molar-refractivity contribution in [2.75, 3.05) is 7.05 Å². The van der Waals surface area contributed by atoms with Crippen molar-refractivity contribution in [2.45, 2.75) is 6.54 Å². The molecular formula is C10H9F3N4. The lowest BCUT2D eigenvalue weighted by molar-refractivity contribution is 0.445. The van der Waals surface area contributed by atoms with Crippen LogP contribution in [-0.2, 0) is 6.54 Å². The van der Waals surface area contributed by atoms with Gasteiger partial charge in [-0.3, -0.25) is 0 Å². The standard InChI is InChI=1S/C10H9F3N4/c1-14-4-7-5-15-16-17(7)6-2-8(11)10(13)9(12)3-6/h2-3,5,14H,4H2,1H3. The van der Waals surface area contributed by atoms with E-state index in [0.29, 0.717) is 12.2 Å². The lowest BCUT2D eigenvalue weighted by Crippen LogP contribution is -2.11. The summed E-state index contributed by atoms with van der Waals surface area (Å²) in [5, 5.41) is 10.2. The van der Waals surface area contributed by atoms with Crippen LogP contribution in [0.15, 0.2) is 18.3 Å². The van der Waals surface area contributed by atoms with Gasteiger partial charge in [0.1, 0.15) is 0 Å². The van der Waals surface area contributed by atoms with Crippen LogP contribution in [-0.4, -0.2) is 22.0 Å². The SMILES string of the molecule is CNCc1cnnn1-c1cc(F)c(F)c(F)c1. The topological polar surface area (TPSA) is 42.7 Å². The molecule has 2 rings (SSSR count). The van der Waals surface area contributed by atoms with Gasteiger partial charge in [-0.25, -0.2) is 17.9 Å². The molecule has 0 aliphatic heterocycles. The summed E-state index contributed by atoms with van der Waals surface area (Å²) in [4.78, 5) is 0. The Bertz CT molecular complexity index is 515. The number of nitrogens with one attached hydrogen (secondary N) is 1. The molecule has 1 N–H and O–H groups in total. The number of rotatable bonds is 3. The lowest BCUT2D eigenvalue weighted by Gasteiger charge is -2.06. The van der Waals surface area contributed by atoms with E-state index in [1.54, 1.807) is 7.05 Å². The van der Waals surface area contributed by atoms with E-state index in [9.17, 15) is 13.2 Å². The molecule has 0 atom stereocenters. The molecule has 2 aromatic rings. The molecule has 1 aromatic carbocycles. The maximum atomic E-state index is 13.1. The number of benzene rings is 1. The van der Waals surface area contributed by atoms with Crippen molar-refractivity contribution in [3.63, 3.8) is 0 Å². The van der Waals surface area contributed by atoms with Gasteiger partial charge in [-0.1, -0.05) is 5.21 Å². The fourth-order valence-electron chi connectivity index (χ4n) is 1.44. The van der Waals surface area contributed by atoms with Gasteiger partial charge in [-0.2, -0.15) is 0 Å². The molecule has 0 saturated heterocycles. The Morgan fingerprint density at radius 1 is 1.24 bits per heavy atom. The van der Waals surface area contributed by atoms with Gasteiger partial charge < -0.3 is 5.32 Å². The first-order chi connectivity index (χ1) is 8.13. The van der Waals surface area contributed by atoms with Crippen molar-refractivity contribution in [2.24, 2.45) is 0 Å². The van der Waals surface area contributed by atoms with Crippen molar-refractivity contribution in [3.8, 4) is 5.69 Å². The summed E-state index contributed by atoms with van der Waals surface area (Å²) in [6, 6.07) is 1.73. The van der Waals surface area contributed by atoms with Crippen LogP contribution >= 0.6 is 0 Å². The minimum atomic E-state index is -1.50. The highest BCUT2D eigenvalue weighted by Crippen LogP contribution is 2.17. The molecule has 0 fully saturated rings. The van der Waals surface area contributed by atoms with Gasteiger partial charge in [-0.05, 0) is 7.05 Å². The van der Waals surface area contributed by atoms with Crippen LogP contribution in [0.5, 0.6) is 0 Å². The maximum Gasteiger partial charge on any atom is 0.194 e. The molecule has 0 radical (unpaired) electrons. The number of aromatic nitrogens is 3. The Labute approximate surface area is 95.1 Å². The largest absolute Gasteiger partial charge is 0.314 e. The van der Waals surface area contributed by atoms with Gasteiger partial charge in [0.05, 0.1) is 17.6 Å². The summed E-state index contributed by atoms with van der Waals surface area (Å²) in [5.74, 6) is -4.01. The highest BCUT2D eigenvalue weighted by Gasteiger charge is 2.13. The summed E-state index contributed by atoms with van der Waals surface area (Å²) in [6.45, 7) is 0.424. The van der Waals surface area contributed by atoms with Gasteiger partial charge in [0.15, 0.2) is 17.5 Å². The van der Waals surface area contributed by atoms with E-state index in [2.05, 4.69) is 15.6 Å². The van der Waals surface area contributed by atoms with Crippen molar-refractivity contribution in [1.29, 1.82) is 0 Å². The zero-order valence-corrected chi connectivity index (χ0v) is 8.91. The Kier molecular flexibility index (Phi) is 3.10. The number of nitrogens with zero attached hydrogens (tertiary/aromatic N) is 3. The summed E-state index contributed by atoms with van der Waals surface area (Å²) >= 11 is 0. The van der Waals surface area contributed by atoms with Gasteiger partial charge in [0, 0.05) is 18.7 Å². The minimum absolute atomic E-state index is 0.0872. The van der Waals surface area contributed by atoms with E-state index in [1.165, 1.54) is 10.9 Å². The minimum Gasteiger partial charge on any atom is -0.314 e. The molecule has 7 heteroatoms. The fourth-order valence-corrected chi connectivity index (χ4v) is 1.44. The molecule has 90 valence electrons. The highest BCUT2D eigenvalue weighted by atomic mass is 19.2. The van der Waals surface area contributed by atoms with Gasteiger partial charge >= 0.3 is 0 Å².